The van der Waals surface area contributed by atoms with Crippen LogP contribution in [-0.2, 0) is 17.5 Å². The average molecular weight is 446 g/mol. The van der Waals surface area contributed by atoms with Gasteiger partial charge in [0.05, 0.1) is 23.0 Å². The zero-order valence-electron chi connectivity index (χ0n) is 18.1. The van der Waals surface area contributed by atoms with Crippen molar-refractivity contribution < 1.29 is 18.0 Å². The number of hydrogen-bond acceptors (Lipinski definition) is 5. The van der Waals surface area contributed by atoms with E-state index in [1.165, 1.54) is 12.1 Å². The standard InChI is InChI=1S/C22H25F3N6O/c1-12(2)31-19-17(28-11-14-6-4-8-26-20(14)22(23,24)25)10-16(29-18(19)13(3)30-31)15-7-5-9-27-21(15)32/h4,6,8,10,12,15H,5,7,9,11H2,1-3H3,(H,27,32)(H,28,29). The van der Waals surface area contributed by atoms with Gasteiger partial charge in [0.25, 0.3) is 0 Å². The van der Waals surface area contributed by atoms with Gasteiger partial charge in [-0.25, -0.2) is 4.98 Å². The summed E-state index contributed by atoms with van der Waals surface area (Å²) in [6.45, 7) is 6.34. The molecule has 7 nitrogen and oxygen atoms in total. The summed E-state index contributed by atoms with van der Waals surface area (Å²) in [6.07, 6.45) is -1.91. The van der Waals surface area contributed by atoms with Gasteiger partial charge in [0.15, 0.2) is 0 Å². The molecule has 0 aliphatic carbocycles. The van der Waals surface area contributed by atoms with Crippen LogP contribution in [0.1, 0.15) is 61.3 Å². The Morgan fingerprint density at radius 1 is 1.34 bits per heavy atom. The Balaban J connectivity index is 1.79. The summed E-state index contributed by atoms with van der Waals surface area (Å²) in [5, 5.41) is 10.6. The number of carbonyl (C=O) groups excluding carboxylic acids is 1. The number of halogens is 3. The topological polar surface area (TPSA) is 84.7 Å². The second-order valence-corrected chi connectivity index (χ2v) is 8.26. The maximum atomic E-state index is 13.4. The number of piperidine rings is 1. The summed E-state index contributed by atoms with van der Waals surface area (Å²) in [5.41, 5.74) is 2.34. The maximum Gasteiger partial charge on any atom is 0.433 e. The Kier molecular flexibility index (Phi) is 5.79. The van der Waals surface area contributed by atoms with Crippen molar-refractivity contribution in [3.8, 4) is 0 Å². The number of pyridine rings is 2. The molecule has 10 heteroatoms. The van der Waals surface area contributed by atoms with Crippen LogP contribution in [0, 0.1) is 6.92 Å². The minimum atomic E-state index is -4.55. The molecule has 2 N–H and O–H groups in total. The lowest BCUT2D eigenvalue weighted by Gasteiger charge is -2.22. The van der Waals surface area contributed by atoms with Crippen molar-refractivity contribution in [2.24, 2.45) is 0 Å². The van der Waals surface area contributed by atoms with Gasteiger partial charge in [-0.3, -0.25) is 14.5 Å². The highest BCUT2D eigenvalue weighted by Crippen LogP contribution is 2.34. The number of nitrogens with one attached hydrogen (secondary N) is 2. The third-order valence-corrected chi connectivity index (χ3v) is 5.60. The van der Waals surface area contributed by atoms with Crippen LogP contribution in [0.15, 0.2) is 24.4 Å². The molecule has 0 spiro atoms. The molecule has 1 amide bonds. The molecule has 1 unspecified atom stereocenters. The average Bonchev–Trinajstić information content (AvgIpc) is 3.09. The summed E-state index contributed by atoms with van der Waals surface area (Å²) in [5.74, 6) is -0.491. The van der Waals surface area contributed by atoms with Crippen molar-refractivity contribution in [2.45, 2.75) is 58.3 Å². The van der Waals surface area contributed by atoms with Crippen LogP contribution in [0.4, 0.5) is 18.9 Å². The Labute approximate surface area is 183 Å². The van der Waals surface area contributed by atoms with E-state index in [4.69, 9.17) is 4.98 Å². The van der Waals surface area contributed by atoms with Crippen LogP contribution in [-0.4, -0.2) is 32.2 Å². The number of aromatic nitrogens is 4. The summed E-state index contributed by atoms with van der Waals surface area (Å²) >= 11 is 0. The third-order valence-electron chi connectivity index (χ3n) is 5.60. The van der Waals surface area contributed by atoms with Gasteiger partial charge in [0.2, 0.25) is 5.91 Å². The molecule has 1 fully saturated rings. The number of nitrogens with zero attached hydrogens (tertiary/aromatic N) is 4. The Hall–Kier alpha value is -3.17. The first-order chi connectivity index (χ1) is 15.2. The van der Waals surface area contributed by atoms with Gasteiger partial charge in [0.1, 0.15) is 16.7 Å². The number of fused-ring (bicyclic) bond motifs is 1. The van der Waals surface area contributed by atoms with E-state index < -0.39 is 17.8 Å². The molecule has 0 saturated carbocycles. The maximum absolute atomic E-state index is 13.4. The lowest BCUT2D eigenvalue weighted by Crippen LogP contribution is -2.35. The summed E-state index contributed by atoms with van der Waals surface area (Å²) in [7, 11) is 0. The molecular formula is C22H25F3N6O. The molecule has 1 saturated heterocycles. The molecular weight excluding hydrogens is 421 g/mol. The lowest BCUT2D eigenvalue weighted by molar-refractivity contribution is -0.141. The van der Waals surface area contributed by atoms with Gasteiger partial charge < -0.3 is 10.6 Å². The Bertz CT molecular complexity index is 1150. The van der Waals surface area contributed by atoms with Gasteiger partial charge in [-0.05, 0) is 45.7 Å². The second kappa shape index (κ2) is 8.40. The number of hydrogen-bond donors (Lipinski definition) is 2. The number of rotatable bonds is 5. The van der Waals surface area contributed by atoms with E-state index in [1.807, 2.05) is 20.8 Å². The van der Waals surface area contributed by atoms with Crippen LogP contribution < -0.4 is 10.6 Å². The number of alkyl halides is 3. The first-order valence-corrected chi connectivity index (χ1v) is 10.6. The molecule has 1 aliphatic rings. The van der Waals surface area contributed by atoms with E-state index in [-0.39, 0.29) is 24.1 Å². The molecule has 0 radical (unpaired) electrons. The van der Waals surface area contributed by atoms with Crippen molar-refractivity contribution in [1.29, 1.82) is 0 Å². The molecule has 0 bridgehead atoms. The molecule has 0 aromatic carbocycles. The molecule has 1 aliphatic heterocycles. The van der Waals surface area contributed by atoms with Gasteiger partial charge in [-0.2, -0.15) is 18.3 Å². The van der Waals surface area contributed by atoms with Crippen LogP contribution in [0.2, 0.25) is 0 Å². The minimum Gasteiger partial charge on any atom is -0.379 e. The normalized spacial score (nSPS) is 17.1. The van der Waals surface area contributed by atoms with E-state index in [1.54, 1.807) is 10.7 Å². The van der Waals surface area contributed by atoms with E-state index in [2.05, 4.69) is 20.7 Å². The first-order valence-electron chi connectivity index (χ1n) is 10.6. The fraction of sp³-hybridized carbons (Fsp3) is 0.455. The largest absolute Gasteiger partial charge is 0.433 e. The SMILES string of the molecule is Cc1nn(C(C)C)c2c(NCc3cccnc3C(F)(F)F)cc(C3CCCNC3=O)nc12. The van der Waals surface area contributed by atoms with Gasteiger partial charge in [-0.15, -0.1) is 0 Å². The van der Waals surface area contributed by atoms with E-state index >= 15 is 0 Å². The highest BCUT2D eigenvalue weighted by atomic mass is 19.4. The minimum absolute atomic E-state index is 0.0153. The number of anilines is 1. The highest BCUT2D eigenvalue weighted by Gasteiger charge is 2.35. The van der Waals surface area contributed by atoms with Crippen molar-refractivity contribution >= 4 is 22.6 Å². The quantitative estimate of drug-likeness (QED) is 0.609. The summed E-state index contributed by atoms with van der Waals surface area (Å²) in [6, 6.07) is 4.67. The van der Waals surface area contributed by atoms with E-state index in [0.29, 0.717) is 41.1 Å². The van der Waals surface area contributed by atoms with Crippen LogP contribution in [0.25, 0.3) is 11.0 Å². The van der Waals surface area contributed by atoms with Gasteiger partial charge in [-0.1, -0.05) is 6.07 Å². The Morgan fingerprint density at radius 2 is 2.12 bits per heavy atom. The van der Waals surface area contributed by atoms with Crippen molar-refractivity contribution in [3.63, 3.8) is 0 Å². The molecule has 1 atom stereocenters. The molecule has 4 rings (SSSR count). The van der Waals surface area contributed by atoms with Crippen LogP contribution in [0.3, 0.4) is 0 Å². The monoisotopic (exact) mass is 446 g/mol. The van der Waals surface area contributed by atoms with Crippen molar-refractivity contribution in [1.82, 2.24) is 25.1 Å². The number of aryl methyl sites for hydroxylation is 1. The van der Waals surface area contributed by atoms with E-state index in [9.17, 15) is 18.0 Å². The molecule has 4 heterocycles. The zero-order chi connectivity index (χ0) is 23.0. The summed E-state index contributed by atoms with van der Waals surface area (Å²) in [4.78, 5) is 20.7. The molecule has 3 aromatic rings. The predicted molar refractivity (Wildman–Crippen MR) is 114 cm³/mol. The predicted octanol–water partition coefficient (Wildman–Crippen LogP) is 4.34. The van der Waals surface area contributed by atoms with Gasteiger partial charge >= 0.3 is 6.18 Å². The van der Waals surface area contributed by atoms with Crippen molar-refractivity contribution in [2.75, 3.05) is 11.9 Å². The third kappa shape index (κ3) is 4.13. The van der Waals surface area contributed by atoms with E-state index in [0.717, 1.165) is 12.6 Å². The fourth-order valence-corrected chi connectivity index (χ4v) is 4.07. The van der Waals surface area contributed by atoms with Crippen LogP contribution in [0.5, 0.6) is 0 Å². The summed E-state index contributed by atoms with van der Waals surface area (Å²) < 4.78 is 42.0. The molecule has 170 valence electrons. The molecule has 3 aromatic heterocycles. The Morgan fingerprint density at radius 3 is 2.81 bits per heavy atom. The number of amides is 1. The second-order valence-electron chi connectivity index (χ2n) is 8.26. The van der Waals surface area contributed by atoms with Crippen molar-refractivity contribution in [3.05, 3.63) is 47.0 Å². The molecule has 32 heavy (non-hydrogen) atoms. The highest BCUT2D eigenvalue weighted by molar-refractivity contribution is 5.92. The fourth-order valence-electron chi connectivity index (χ4n) is 4.07. The number of carbonyl (C=O) groups is 1. The van der Waals surface area contributed by atoms with Gasteiger partial charge in [0, 0.05) is 30.9 Å². The van der Waals surface area contributed by atoms with Crippen LogP contribution >= 0.6 is 0 Å². The first kappa shape index (κ1) is 22.0. The zero-order valence-corrected chi connectivity index (χ0v) is 18.1. The smallest absolute Gasteiger partial charge is 0.379 e. The lowest BCUT2D eigenvalue weighted by atomic mass is 9.94.